The third kappa shape index (κ3) is 4.14. The molecule has 28 heavy (non-hydrogen) atoms. The van der Waals surface area contributed by atoms with Gasteiger partial charge in [-0.1, -0.05) is 55.8 Å². The Balaban J connectivity index is 1.97. The molecule has 1 aliphatic rings. The maximum absolute atomic E-state index is 13.0. The Bertz CT molecular complexity index is 1080. The molecule has 2 aromatic carbocycles. The number of rotatable bonds is 3. The monoisotopic (exact) mass is 393 g/mol. The van der Waals surface area contributed by atoms with Gasteiger partial charge in [-0.2, -0.15) is 0 Å². The van der Waals surface area contributed by atoms with Crippen LogP contribution in [-0.2, 0) is 10.0 Å². The molecule has 2 aromatic rings. The minimum Gasteiger partial charge on any atom is -0.269 e. The van der Waals surface area contributed by atoms with Gasteiger partial charge in [0.25, 0.3) is 10.0 Å². The highest BCUT2D eigenvalue weighted by atomic mass is 32.2. The molecule has 0 unspecified atom stereocenters. The van der Waals surface area contributed by atoms with Crippen molar-refractivity contribution in [3.8, 4) is 0 Å². The van der Waals surface area contributed by atoms with Crippen LogP contribution in [0.5, 0.6) is 0 Å². The van der Waals surface area contributed by atoms with E-state index in [4.69, 9.17) is 0 Å². The second-order valence-corrected chi connectivity index (χ2v) is 9.90. The van der Waals surface area contributed by atoms with E-state index in [1.807, 2.05) is 31.2 Å². The molecular formula is C24H27NO2S. The molecule has 1 heterocycles. The highest BCUT2D eigenvalue weighted by Crippen LogP contribution is 2.34. The zero-order valence-electron chi connectivity index (χ0n) is 17.2. The van der Waals surface area contributed by atoms with Crippen molar-refractivity contribution in [2.45, 2.75) is 39.5 Å². The van der Waals surface area contributed by atoms with Gasteiger partial charge in [0, 0.05) is 17.2 Å². The van der Waals surface area contributed by atoms with E-state index in [1.54, 1.807) is 18.3 Å². The Labute approximate surface area is 168 Å². The fraction of sp³-hybridized carbons (Fsp3) is 0.292. The third-order valence-electron chi connectivity index (χ3n) is 5.32. The van der Waals surface area contributed by atoms with Gasteiger partial charge in [0.05, 0.1) is 11.4 Å². The SMILES string of the molecule is Cc1ccc(S(=O)(=O)N2C=CC(C)(C)C(=C=Cc3ccc(C)c(C)c3)C2)cc1. The van der Waals surface area contributed by atoms with Crippen molar-refractivity contribution >= 4 is 16.1 Å². The number of hydrogen-bond donors (Lipinski definition) is 0. The van der Waals surface area contributed by atoms with E-state index >= 15 is 0 Å². The number of sulfonamides is 1. The normalized spacial score (nSPS) is 16.0. The first kappa shape index (κ1) is 20.2. The lowest BCUT2D eigenvalue weighted by Gasteiger charge is -2.33. The summed E-state index contributed by atoms with van der Waals surface area (Å²) < 4.78 is 27.5. The summed E-state index contributed by atoms with van der Waals surface area (Å²) in [6.45, 7) is 10.6. The summed E-state index contributed by atoms with van der Waals surface area (Å²) in [4.78, 5) is 0.306. The van der Waals surface area contributed by atoms with Gasteiger partial charge in [0.2, 0.25) is 0 Å². The van der Waals surface area contributed by atoms with Crippen LogP contribution in [0.2, 0.25) is 0 Å². The van der Waals surface area contributed by atoms with Crippen molar-refractivity contribution < 1.29 is 8.42 Å². The summed E-state index contributed by atoms with van der Waals surface area (Å²) >= 11 is 0. The van der Waals surface area contributed by atoms with E-state index in [0.717, 1.165) is 16.7 Å². The summed E-state index contributed by atoms with van der Waals surface area (Å²) in [7, 11) is -3.59. The van der Waals surface area contributed by atoms with Gasteiger partial charge in [-0.05, 0) is 55.7 Å². The van der Waals surface area contributed by atoms with Gasteiger partial charge >= 0.3 is 0 Å². The second-order valence-electron chi connectivity index (χ2n) is 8.01. The van der Waals surface area contributed by atoms with Crippen molar-refractivity contribution in [3.63, 3.8) is 0 Å². The lowest BCUT2D eigenvalue weighted by Crippen LogP contribution is -2.35. The molecule has 3 nitrogen and oxygen atoms in total. The number of aryl methyl sites for hydroxylation is 3. The standard InChI is InChI=1S/C24H27NO2S/c1-18-6-12-23(13-7-18)28(26,27)25-15-14-24(4,5)22(17-25)11-10-21-9-8-19(2)20(3)16-21/h6-10,12-16H,17H2,1-5H3. The minimum absolute atomic E-state index is 0.254. The Morgan fingerprint density at radius 2 is 1.68 bits per heavy atom. The van der Waals surface area contributed by atoms with E-state index in [1.165, 1.54) is 15.4 Å². The van der Waals surface area contributed by atoms with Crippen LogP contribution in [0.1, 0.15) is 36.1 Å². The molecule has 1 aliphatic heterocycles. The summed E-state index contributed by atoms with van der Waals surface area (Å²) in [6, 6.07) is 13.2. The predicted molar refractivity (Wildman–Crippen MR) is 115 cm³/mol. The molecule has 0 radical (unpaired) electrons. The first-order valence-corrected chi connectivity index (χ1v) is 10.8. The van der Waals surface area contributed by atoms with E-state index in [0.29, 0.717) is 11.4 Å². The van der Waals surface area contributed by atoms with Crippen LogP contribution in [0.3, 0.4) is 0 Å². The molecule has 0 fully saturated rings. The molecule has 0 spiro atoms. The van der Waals surface area contributed by atoms with Gasteiger partial charge in [-0.25, -0.2) is 8.42 Å². The van der Waals surface area contributed by atoms with Crippen LogP contribution in [0, 0.1) is 26.2 Å². The fourth-order valence-electron chi connectivity index (χ4n) is 3.05. The van der Waals surface area contributed by atoms with Gasteiger partial charge in [0.15, 0.2) is 0 Å². The zero-order chi connectivity index (χ0) is 20.5. The van der Waals surface area contributed by atoms with Gasteiger partial charge in [0.1, 0.15) is 0 Å². The molecule has 3 rings (SSSR count). The maximum atomic E-state index is 13.0. The number of hydrogen-bond acceptors (Lipinski definition) is 2. The number of nitrogens with zero attached hydrogens (tertiary/aromatic N) is 1. The van der Waals surface area contributed by atoms with Crippen LogP contribution >= 0.6 is 0 Å². The van der Waals surface area contributed by atoms with E-state index in [-0.39, 0.29) is 5.41 Å². The first-order chi connectivity index (χ1) is 13.1. The Hall–Kier alpha value is -2.55. The summed E-state index contributed by atoms with van der Waals surface area (Å²) in [5.41, 5.74) is 8.63. The summed E-state index contributed by atoms with van der Waals surface area (Å²) in [5.74, 6) is 0. The molecule has 0 saturated heterocycles. The molecule has 146 valence electrons. The number of allylic oxidation sites excluding steroid dienone is 1. The quantitative estimate of drug-likeness (QED) is 0.655. The number of benzene rings is 2. The molecule has 0 amide bonds. The van der Waals surface area contributed by atoms with Gasteiger partial charge in [-0.15, -0.1) is 5.73 Å². The smallest absolute Gasteiger partial charge is 0.264 e. The van der Waals surface area contributed by atoms with E-state index < -0.39 is 10.0 Å². The van der Waals surface area contributed by atoms with Gasteiger partial charge in [-0.3, -0.25) is 4.31 Å². The lowest BCUT2D eigenvalue weighted by atomic mass is 9.83. The average molecular weight is 394 g/mol. The maximum Gasteiger partial charge on any atom is 0.264 e. The van der Waals surface area contributed by atoms with Crippen molar-refractivity contribution in [2.24, 2.45) is 5.41 Å². The molecule has 0 bridgehead atoms. The van der Waals surface area contributed by atoms with Crippen LogP contribution < -0.4 is 0 Å². The van der Waals surface area contributed by atoms with Crippen molar-refractivity contribution in [1.29, 1.82) is 0 Å². The van der Waals surface area contributed by atoms with Gasteiger partial charge < -0.3 is 0 Å². The lowest BCUT2D eigenvalue weighted by molar-refractivity contribution is 0.446. The molecule has 0 aliphatic carbocycles. The van der Waals surface area contributed by atoms with E-state index in [2.05, 4.69) is 51.6 Å². The third-order valence-corrected chi connectivity index (χ3v) is 7.06. The Kier molecular flexibility index (Phi) is 5.38. The Morgan fingerprint density at radius 3 is 2.32 bits per heavy atom. The van der Waals surface area contributed by atoms with Crippen molar-refractivity contribution in [3.05, 3.63) is 88.3 Å². The summed E-state index contributed by atoms with van der Waals surface area (Å²) in [5, 5.41) is 0. The molecule has 4 heteroatoms. The highest BCUT2D eigenvalue weighted by molar-refractivity contribution is 7.89. The van der Waals surface area contributed by atoms with Crippen LogP contribution in [0.4, 0.5) is 0 Å². The minimum atomic E-state index is -3.59. The molecular weight excluding hydrogens is 366 g/mol. The summed E-state index contributed by atoms with van der Waals surface area (Å²) in [6.07, 6.45) is 5.55. The topological polar surface area (TPSA) is 37.4 Å². The zero-order valence-corrected chi connectivity index (χ0v) is 18.0. The average Bonchev–Trinajstić information content (AvgIpc) is 2.63. The highest BCUT2D eigenvalue weighted by Gasteiger charge is 2.31. The fourth-order valence-corrected chi connectivity index (χ4v) is 4.32. The molecule has 0 aromatic heterocycles. The Morgan fingerprint density at radius 1 is 1.00 bits per heavy atom. The molecule has 0 atom stereocenters. The second kappa shape index (κ2) is 7.46. The van der Waals surface area contributed by atoms with Crippen LogP contribution in [-0.4, -0.2) is 19.3 Å². The van der Waals surface area contributed by atoms with Crippen LogP contribution in [0.25, 0.3) is 6.08 Å². The predicted octanol–water partition coefficient (Wildman–Crippen LogP) is 5.39. The first-order valence-electron chi connectivity index (χ1n) is 9.41. The van der Waals surface area contributed by atoms with Crippen molar-refractivity contribution in [1.82, 2.24) is 4.31 Å². The largest absolute Gasteiger partial charge is 0.269 e. The van der Waals surface area contributed by atoms with E-state index in [9.17, 15) is 8.42 Å². The van der Waals surface area contributed by atoms with Crippen molar-refractivity contribution in [2.75, 3.05) is 6.54 Å². The molecule has 0 N–H and O–H groups in total. The van der Waals surface area contributed by atoms with Crippen LogP contribution in [0.15, 0.2) is 70.9 Å². The molecule has 0 saturated carbocycles.